The minimum absolute atomic E-state index is 0.0714. The van der Waals surface area contributed by atoms with Gasteiger partial charge in [0.2, 0.25) is 5.78 Å². The Morgan fingerprint density at radius 3 is 2.57 bits per heavy atom. The summed E-state index contributed by atoms with van der Waals surface area (Å²) in [5, 5.41) is 10.8. The van der Waals surface area contributed by atoms with Crippen LogP contribution < -0.4 is 14.2 Å². The van der Waals surface area contributed by atoms with Crippen molar-refractivity contribution in [3.63, 3.8) is 0 Å². The van der Waals surface area contributed by atoms with E-state index >= 15 is 0 Å². The number of Topliss-reactive ketones (excluding diaryl/α,β-unsaturated/α-hetero) is 1. The Balaban J connectivity index is 1.60. The van der Waals surface area contributed by atoms with Gasteiger partial charge in [-0.15, -0.1) is 0 Å². The van der Waals surface area contributed by atoms with Crippen LogP contribution in [0, 0.1) is 6.92 Å². The van der Waals surface area contributed by atoms with E-state index in [9.17, 15) is 14.7 Å². The molecule has 1 N–H and O–H groups in total. The van der Waals surface area contributed by atoms with Gasteiger partial charge in [0.15, 0.2) is 17.3 Å². The number of allylic oxidation sites excluding steroid dienone is 1. The standard InChI is InChI=1S/C26H30N2O7/c1-5-34-26(31)28-11-9-27(10-12-28)15-18-19(29)13-16(2)22-23(30)21(35-25(18)22)14-17-7-6-8-20(32-3)24(17)33-4/h6-8,13-14,29H,5,9-12,15H2,1-4H3/b21-14-. The number of ketones is 1. The first kappa shape index (κ1) is 24.4. The predicted octanol–water partition coefficient (Wildman–Crippen LogP) is 3.61. The van der Waals surface area contributed by atoms with Gasteiger partial charge in [-0.1, -0.05) is 12.1 Å². The molecule has 0 radical (unpaired) electrons. The van der Waals surface area contributed by atoms with E-state index in [-0.39, 0.29) is 23.4 Å². The van der Waals surface area contributed by atoms with Crippen LogP contribution in [0.15, 0.2) is 30.0 Å². The molecule has 0 unspecified atom stereocenters. The van der Waals surface area contributed by atoms with Crippen molar-refractivity contribution in [2.24, 2.45) is 0 Å². The van der Waals surface area contributed by atoms with Crippen molar-refractivity contribution in [2.75, 3.05) is 47.0 Å². The van der Waals surface area contributed by atoms with Gasteiger partial charge in [0.05, 0.1) is 32.0 Å². The van der Waals surface area contributed by atoms with Crippen LogP contribution >= 0.6 is 0 Å². The fourth-order valence-electron chi connectivity index (χ4n) is 4.43. The number of piperazine rings is 1. The zero-order chi connectivity index (χ0) is 25.1. The molecule has 9 nitrogen and oxygen atoms in total. The minimum Gasteiger partial charge on any atom is -0.507 e. The Morgan fingerprint density at radius 1 is 1.17 bits per heavy atom. The van der Waals surface area contributed by atoms with Crippen molar-refractivity contribution in [3.8, 4) is 23.0 Å². The fourth-order valence-corrected chi connectivity index (χ4v) is 4.43. The molecule has 0 atom stereocenters. The highest BCUT2D eigenvalue weighted by molar-refractivity contribution is 6.16. The van der Waals surface area contributed by atoms with E-state index in [1.165, 1.54) is 7.11 Å². The SMILES string of the molecule is CCOC(=O)N1CCN(Cc2c(O)cc(C)c3c2O/C(=C\c2cccc(OC)c2OC)C3=O)CC1. The van der Waals surface area contributed by atoms with E-state index in [0.29, 0.717) is 78.8 Å². The first-order valence-electron chi connectivity index (χ1n) is 11.5. The number of phenols is 1. The maximum atomic E-state index is 13.3. The molecule has 1 amide bonds. The fraction of sp³-hybridized carbons (Fsp3) is 0.385. The average molecular weight is 483 g/mol. The predicted molar refractivity (Wildman–Crippen MR) is 129 cm³/mol. The molecular weight excluding hydrogens is 452 g/mol. The van der Waals surface area contributed by atoms with Crippen LogP contribution in [0.4, 0.5) is 4.79 Å². The summed E-state index contributed by atoms with van der Waals surface area (Å²) < 4.78 is 22.0. The number of ether oxygens (including phenoxy) is 4. The van der Waals surface area contributed by atoms with Crippen LogP contribution in [0.25, 0.3) is 6.08 Å². The molecule has 186 valence electrons. The molecule has 0 bridgehead atoms. The number of benzene rings is 2. The van der Waals surface area contributed by atoms with Gasteiger partial charge in [0.25, 0.3) is 0 Å². The Hall–Kier alpha value is -3.72. The third-order valence-electron chi connectivity index (χ3n) is 6.22. The number of rotatable bonds is 6. The number of nitrogens with zero attached hydrogens (tertiary/aromatic N) is 2. The minimum atomic E-state index is -0.317. The number of para-hydroxylation sites is 1. The molecule has 4 rings (SSSR count). The van der Waals surface area contributed by atoms with E-state index in [1.54, 1.807) is 50.1 Å². The number of amides is 1. The largest absolute Gasteiger partial charge is 0.507 e. The Kier molecular flexibility index (Phi) is 7.16. The van der Waals surface area contributed by atoms with Crippen LogP contribution in [0.1, 0.15) is 34.0 Å². The third kappa shape index (κ3) is 4.77. The number of phenolic OH excluding ortho intramolecular Hbond substituents is 1. The number of hydrogen-bond acceptors (Lipinski definition) is 8. The second-order valence-corrected chi connectivity index (χ2v) is 8.38. The molecule has 2 heterocycles. The van der Waals surface area contributed by atoms with Gasteiger partial charge >= 0.3 is 6.09 Å². The molecule has 0 aromatic heterocycles. The van der Waals surface area contributed by atoms with Crippen molar-refractivity contribution in [1.82, 2.24) is 9.80 Å². The van der Waals surface area contributed by atoms with Crippen molar-refractivity contribution >= 4 is 18.0 Å². The summed E-state index contributed by atoms with van der Waals surface area (Å²) >= 11 is 0. The maximum Gasteiger partial charge on any atom is 0.409 e. The highest BCUT2D eigenvalue weighted by Crippen LogP contribution is 2.43. The molecular formula is C26H30N2O7. The first-order chi connectivity index (χ1) is 16.9. The monoisotopic (exact) mass is 482 g/mol. The van der Waals surface area contributed by atoms with Crippen molar-refractivity contribution < 1.29 is 33.6 Å². The van der Waals surface area contributed by atoms with E-state index in [0.717, 1.165) is 0 Å². The quantitative estimate of drug-likeness (QED) is 0.624. The Labute approximate surface area is 204 Å². The molecule has 0 saturated carbocycles. The molecule has 0 aliphatic carbocycles. The Morgan fingerprint density at radius 2 is 1.91 bits per heavy atom. The first-order valence-corrected chi connectivity index (χ1v) is 11.5. The van der Waals surface area contributed by atoms with Gasteiger partial charge in [0, 0.05) is 38.3 Å². The lowest BCUT2D eigenvalue weighted by molar-refractivity contribution is 0.0774. The normalized spacial score (nSPS) is 16.7. The highest BCUT2D eigenvalue weighted by Gasteiger charge is 2.34. The van der Waals surface area contributed by atoms with Crippen molar-refractivity contribution in [2.45, 2.75) is 20.4 Å². The van der Waals surface area contributed by atoms with Gasteiger partial charge in [-0.3, -0.25) is 9.69 Å². The molecule has 2 aliphatic rings. The molecule has 2 aromatic carbocycles. The van der Waals surface area contributed by atoms with Crippen molar-refractivity contribution in [3.05, 3.63) is 52.3 Å². The number of hydrogen-bond donors (Lipinski definition) is 1. The van der Waals surface area contributed by atoms with Gasteiger partial charge in [0.1, 0.15) is 11.5 Å². The molecule has 9 heteroatoms. The molecule has 0 spiro atoms. The number of fused-ring (bicyclic) bond motifs is 1. The van der Waals surface area contributed by atoms with Crippen LogP contribution in [-0.4, -0.2) is 73.8 Å². The van der Waals surface area contributed by atoms with E-state index in [2.05, 4.69) is 4.90 Å². The number of aromatic hydroxyl groups is 1. The third-order valence-corrected chi connectivity index (χ3v) is 6.22. The molecule has 2 aromatic rings. The van der Waals surface area contributed by atoms with Gasteiger partial charge in [-0.05, 0) is 37.6 Å². The average Bonchev–Trinajstić information content (AvgIpc) is 3.18. The lowest BCUT2D eigenvalue weighted by Gasteiger charge is -2.34. The molecule has 2 aliphatic heterocycles. The highest BCUT2D eigenvalue weighted by atomic mass is 16.6. The van der Waals surface area contributed by atoms with Gasteiger partial charge in [-0.25, -0.2) is 4.79 Å². The summed E-state index contributed by atoms with van der Waals surface area (Å²) in [6.45, 7) is 6.54. The second kappa shape index (κ2) is 10.3. The van der Waals surface area contributed by atoms with Crippen LogP contribution in [0.2, 0.25) is 0 Å². The number of carbonyl (C=O) groups excluding carboxylic acids is 2. The van der Waals surface area contributed by atoms with E-state index < -0.39 is 0 Å². The number of carbonyl (C=O) groups is 2. The second-order valence-electron chi connectivity index (χ2n) is 8.38. The van der Waals surface area contributed by atoms with E-state index in [4.69, 9.17) is 18.9 Å². The topological polar surface area (TPSA) is 97.8 Å². The summed E-state index contributed by atoms with van der Waals surface area (Å²) in [4.78, 5) is 29.1. The smallest absolute Gasteiger partial charge is 0.409 e. The number of methoxy groups -OCH3 is 2. The van der Waals surface area contributed by atoms with Crippen LogP contribution in [0.5, 0.6) is 23.0 Å². The summed E-state index contributed by atoms with van der Waals surface area (Å²) in [6, 6.07) is 6.98. The number of aryl methyl sites for hydroxylation is 1. The molecule has 35 heavy (non-hydrogen) atoms. The summed E-state index contributed by atoms with van der Waals surface area (Å²) in [5.41, 5.74) is 2.27. The van der Waals surface area contributed by atoms with Gasteiger partial charge < -0.3 is 29.0 Å². The lowest BCUT2D eigenvalue weighted by atomic mass is 9.99. The zero-order valence-electron chi connectivity index (χ0n) is 20.4. The summed E-state index contributed by atoms with van der Waals surface area (Å²) in [5.74, 6) is 1.37. The Bertz CT molecular complexity index is 1170. The van der Waals surface area contributed by atoms with Crippen LogP contribution in [-0.2, 0) is 11.3 Å². The van der Waals surface area contributed by atoms with Crippen LogP contribution in [0.3, 0.4) is 0 Å². The molecule has 1 saturated heterocycles. The maximum absolute atomic E-state index is 13.3. The van der Waals surface area contributed by atoms with E-state index in [1.807, 2.05) is 6.07 Å². The summed E-state index contributed by atoms with van der Waals surface area (Å²) in [6.07, 6.45) is 1.31. The van der Waals surface area contributed by atoms with Crippen molar-refractivity contribution in [1.29, 1.82) is 0 Å². The summed E-state index contributed by atoms with van der Waals surface area (Å²) in [7, 11) is 3.08. The molecule has 1 fully saturated rings. The zero-order valence-corrected chi connectivity index (χ0v) is 20.4. The van der Waals surface area contributed by atoms with Gasteiger partial charge in [-0.2, -0.15) is 0 Å². The lowest BCUT2D eigenvalue weighted by Crippen LogP contribution is -2.48.